The summed E-state index contributed by atoms with van der Waals surface area (Å²) in [5, 5.41) is 16.1. The Hall–Kier alpha value is -3.22. The standard InChI is InChI=1S/C17H16N6O/c1-18-17(24)12-7-13-14(21-22-16(13)19-8-12)6-10-3-4-15-11(5-10)9-20-23(15)2/h3-5,7-9H,6H2,1-2H3,(H,18,24)(H,19,21,22). The van der Waals surface area contributed by atoms with Crippen LogP contribution in [0.15, 0.2) is 36.7 Å². The maximum Gasteiger partial charge on any atom is 0.252 e. The van der Waals surface area contributed by atoms with Crippen molar-refractivity contribution in [1.82, 2.24) is 30.3 Å². The number of nitrogens with zero attached hydrogens (tertiary/aromatic N) is 4. The van der Waals surface area contributed by atoms with Gasteiger partial charge in [-0.05, 0) is 23.8 Å². The van der Waals surface area contributed by atoms with Gasteiger partial charge >= 0.3 is 0 Å². The predicted molar refractivity (Wildman–Crippen MR) is 90.8 cm³/mol. The smallest absolute Gasteiger partial charge is 0.252 e. The van der Waals surface area contributed by atoms with E-state index in [9.17, 15) is 4.79 Å². The van der Waals surface area contributed by atoms with Crippen molar-refractivity contribution in [1.29, 1.82) is 0 Å². The van der Waals surface area contributed by atoms with E-state index in [-0.39, 0.29) is 5.91 Å². The maximum atomic E-state index is 11.8. The zero-order valence-corrected chi connectivity index (χ0v) is 13.4. The van der Waals surface area contributed by atoms with Crippen LogP contribution in [0, 0.1) is 0 Å². The Bertz CT molecular complexity index is 1060. The van der Waals surface area contributed by atoms with E-state index < -0.39 is 0 Å². The second-order valence-corrected chi connectivity index (χ2v) is 5.71. The van der Waals surface area contributed by atoms with Gasteiger partial charge in [-0.1, -0.05) is 6.07 Å². The average molecular weight is 320 g/mol. The molecule has 0 aliphatic carbocycles. The first-order valence-electron chi connectivity index (χ1n) is 7.61. The first-order chi connectivity index (χ1) is 11.7. The molecule has 0 atom stereocenters. The van der Waals surface area contributed by atoms with Crippen LogP contribution in [0.4, 0.5) is 0 Å². The van der Waals surface area contributed by atoms with E-state index in [4.69, 9.17) is 0 Å². The first-order valence-corrected chi connectivity index (χ1v) is 7.61. The lowest BCUT2D eigenvalue weighted by atomic mass is 10.1. The molecule has 1 aromatic carbocycles. The number of carbonyl (C=O) groups is 1. The number of amides is 1. The van der Waals surface area contributed by atoms with Crippen LogP contribution in [0.1, 0.15) is 21.6 Å². The van der Waals surface area contributed by atoms with Gasteiger partial charge in [0.2, 0.25) is 0 Å². The van der Waals surface area contributed by atoms with Crippen LogP contribution in [0.5, 0.6) is 0 Å². The molecule has 4 rings (SSSR count). The number of rotatable bonds is 3. The van der Waals surface area contributed by atoms with Crippen molar-refractivity contribution in [3.63, 3.8) is 0 Å². The number of hydrogen-bond donors (Lipinski definition) is 2. The summed E-state index contributed by atoms with van der Waals surface area (Å²) >= 11 is 0. The van der Waals surface area contributed by atoms with Gasteiger partial charge in [-0.2, -0.15) is 10.2 Å². The monoisotopic (exact) mass is 320 g/mol. The zero-order valence-electron chi connectivity index (χ0n) is 13.4. The molecular weight excluding hydrogens is 304 g/mol. The molecule has 4 aromatic rings. The molecule has 120 valence electrons. The van der Waals surface area contributed by atoms with E-state index in [0.29, 0.717) is 17.6 Å². The zero-order chi connectivity index (χ0) is 16.7. The Balaban J connectivity index is 1.73. The number of pyridine rings is 1. The Labute approximate surface area is 137 Å². The Morgan fingerprint density at radius 3 is 3.00 bits per heavy atom. The van der Waals surface area contributed by atoms with Crippen LogP contribution in [0.2, 0.25) is 0 Å². The van der Waals surface area contributed by atoms with Crippen molar-refractivity contribution < 1.29 is 4.79 Å². The van der Waals surface area contributed by atoms with Crippen LogP contribution in [-0.2, 0) is 13.5 Å². The highest BCUT2D eigenvalue weighted by atomic mass is 16.1. The van der Waals surface area contributed by atoms with Crippen LogP contribution in [0.3, 0.4) is 0 Å². The van der Waals surface area contributed by atoms with E-state index >= 15 is 0 Å². The number of aromatic nitrogens is 5. The molecule has 7 nitrogen and oxygen atoms in total. The number of H-pyrrole nitrogens is 1. The molecule has 0 fully saturated rings. The minimum atomic E-state index is -0.159. The molecule has 0 unspecified atom stereocenters. The molecule has 0 radical (unpaired) electrons. The number of hydrogen-bond acceptors (Lipinski definition) is 4. The Morgan fingerprint density at radius 2 is 2.17 bits per heavy atom. The van der Waals surface area contributed by atoms with Crippen LogP contribution in [0.25, 0.3) is 21.9 Å². The first kappa shape index (κ1) is 14.4. The van der Waals surface area contributed by atoms with E-state index in [1.165, 1.54) is 6.20 Å². The van der Waals surface area contributed by atoms with Crippen molar-refractivity contribution in [2.75, 3.05) is 7.05 Å². The summed E-state index contributed by atoms with van der Waals surface area (Å²) in [5.74, 6) is -0.159. The van der Waals surface area contributed by atoms with E-state index in [2.05, 4.69) is 43.8 Å². The number of aromatic amines is 1. The fourth-order valence-electron chi connectivity index (χ4n) is 2.88. The molecule has 0 saturated carbocycles. The summed E-state index contributed by atoms with van der Waals surface area (Å²) in [7, 11) is 3.53. The minimum Gasteiger partial charge on any atom is -0.355 e. The molecule has 3 aromatic heterocycles. The third-order valence-electron chi connectivity index (χ3n) is 4.17. The number of benzene rings is 1. The quantitative estimate of drug-likeness (QED) is 0.602. The average Bonchev–Trinajstić information content (AvgIpc) is 3.18. The number of nitrogens with one attached hydrogen (secondary N) is 2. The highest BCUT2D eigenvalue weighted by Crippen LogP contribution is 2.21. The van der Waals surface area contributed by atoms with Crippen molar-refractivity contribution in [2.24, 2.45) is 7.05 Å². The maximum absolute atomic E-state index is 11.8. The normalized spacial score (nSPS) is 11.2. The number of carbonyl (C=O) groups excluding carboxylic acids is 1. The predicted octanol–water partition coefficient (Wildman–Crippen LogP) is 1.79. The van der Waals surface area contributed by atoms with Gasteiger partial charge in [0.15, 0.2) is 5.65 Å². The molecular formula is C17H16N6O. The van der Waals surface area contributed by atoms with Crippen molar-refractivity contribution >= 4 is 27.8 Å². The summed E-state index contributed by atoms with van der Waals surface area (Å²) in [6.45, 7) is 0. The molecule has 2 N–H and O–H groups in total. The molecule has 0 bridgehead atoms. The van der Waals surface area contributed by atoms with Gasteiger partial charge in [-0.15, -0.1) is 0 Å². The summed E-state index contributed by atoms with van der Waals surface area (Å²) in [5.41, 5.74) is 4.31. The third-order valence-corrected chi connectivity index (χ3v) is 4.17. The SMILES string of the molecule is CNC(=O)c1cnc2n[nH]c(Cc3ccc4c(cnn4C)c3)c2c1. The molecule has 0 saturated heterocycles. The second kappa shape index (κ2) is 5.45. The van der Waals surface area contributed by atoms with Gasteiger partial charge in [0, 0.05) is 43.2 Å². The molecule has 0 aliphatic rings. The van der Waals surface area contributed by atoms with Gasteiger partial charge in [-0.25, -0.2) is 4.98 Å². The highest BCUT2D eigenvalue weighted by molar-refractivity contribution is 5.97. The minimum absolute atomic E-state index is 0.159. The van der Waals surface area contributed by atoms with Crippen LogP contribution < -0.4 is 5.32 Å². The van der Waals surface area contributed by atoms with Gasteiger partial charge < -0.3 is 5.32 Å². The van der Waals surface area contributed by atoms with Crippen molar-refractivity contribution in [3.05, 3.63) is 53.5 Å². The topological polar surface area (TPSA) is 88.5 Å². The lowest BCUT2D eigenvalue weighted by Gasteiger charge is -2.02. The van der Waals surface area contributed by atoms with Crippen LogP contribution in [-0.4, -0.2) is 37.9 Å². The van der Waals surface area contributed by atoms with Gasteiger partial charge in [0.25, 0.3) is 5.91 Å². The third kappa shape index (κ3) is 2.30. The molecule has 0 aliphatic heterocycles. The fourth-order valence-corrected chi connectivity index (χ4v) is 2.88. The summed E-state index contributed by atoms with van der Waals surface area (Å²) < 4.78 is 1.85. The molecule has 1 amide bonds. The largest absolute Gasteiger partial charge is 0.355 e. The van der Waals surface area contributed by atoms with Crippen molar-refractivity contribution in [2.45, 2.75) is 6.42 Å². The lowest BCUT2D eigenvalue weighted by Crippen LogP contribution is -2.17. The lowest BCUT2D eigenvalue weighted by molar-refractivity contribution is 0.0963. The van der Waals surface area contributed by atoms with Gasteiger partial charge in [-0.3, -0.25) is 14.6 Å². The van der Waals surface area contributed by atoms with Crippen LogP contribution >= 0.6 is 0 Å². The van der Waals surface area contributed by atoms with E-state index in [1.54, 1.807) is 7.05 Å². The van der Waals surface area contributed by atoms with Crippen molar-refractivity contribution in [3.8, 4) is 0 Å². The fraction of sp³-hybridized carbons (Fsp3) is 0.176. The van der Waals surface area contributed by atoms with E-state index in [0.717, 1.165) is 27.5 Å². The molecule has 0 spiro atoms. The van der Waals surface area contributed by atoms with E-state index in [1.807, 2.05) is 24.0 Å². The summed E-state index contributed by atoms with van der Waals surface area (Å²) in [4.78, 5) is 16.1. The number of aryl methyl sites for hydroxylation is 1. The van der Waals surface area contributed by atoms with Gasteiger partial charge in [0.1, 0.15) is 0 Å². The highest BCUT2D eigenvalue weighted by Gasteiger charge is 2.12. The summed E-state index contributed by atoms with van der Waals surface area (Å²) in [6, 6.07) is 8.07. The second-order valence-electron chi connectivity index (χ2n) is 5.71. The number of fused-ring (bicyclic) bond motifs is 2. The Morgan fingerprint density at radius 1 is 1.29 bits per heavy atom. The molecule has 3 heterocycles. The Kier molecular flexibility index (Phi) is 3.26. The molecule has 24 heavy (non-hydrogen) atoms. The molecule has 7 heteroatoms. The van der Waals surface area contributed by atoms with Gasteiger partial charge in [0.05, 0.1) is 17.3 Å². The summed E-state index contributed by atoms with van der Waals surface area (Å²) in [6.07, 6.45) is 4.07.